The van der Waals surface area contributed by atoms with E-state index in [-0.39, 0.29) is 44.9 Å². The summed E-state index contributed by atoms with van der Waals surface area (Å²) in [4.78, 5) is 53.0. The molecule has 21 heteroatoms. The molecule has 0 atom stereocenters. The summed E-state index contributed by atoms with van der Waals surface area (Å²) in [6.07, 6.45) is 0. The highest BCUT2D eigenvalue weighted by atomic mass is 79.9. The Hall–Kier alpha value is -6.35. The molecule has 328 valence electrons. The maximum Gasteiger partial charge on any atom is 0.271 e. The zero-order chi connectivity index (χ0) is 46.2. The van der Waals surface area contributed by atoms with Crippen molar-refractivity contribution in [3.63, 3.8) is 0 Å². The van der Waals surface area contributed by atoms with Gasteiger partial charge in [0.2, 0.25) is 4.69 Å². The SMILES string of the molecule is CC(C)(Br)C(=O)Br.CC1(C)CNc2cc(N)ccc2O1.CC1(C)Oc2ccc(N)cc2NC1=O.CC1(C)Oc2ccc([N+](=O)[O-])cc2NC1=O.Nc1cc([N+](=O)[O-])ccc1O. The van der Waals surface area contributed by atoms with E-state index in [2.05, 4.69) is 61.7 Å². The van der Waals surface area contributed by atoms with E-state index in [9.17, 15) is 34.6 Å². The number of rotatable bonds is 3. The monoisotopic (exact) mass is 974 g/mol. The predicted molar refractivity (Wildman–Crippen MR) is 241 cm³/mol. The lowest BCUT2D eigenvalue weighted by molar-refractivity contribution is -0.385. The number of nitrogens with two attached hydrogens (primary N) is 3. The van der Waals surface area contributed by atoms with Crippen molar-refractivity contribution in [2.24, 2.45) is 0 Å². The number of phenolic OH excluding ortho intramolecular Hbond substituents is 1. The number of aromatic hydroxyl groups is 1. The quantitative estimate of drug-likeness (QED) is 0.0256. The number of carbonyl (C=O) groups is 3. The summed E-state index contributed by atoms with van der Waals surface area (Å²) in [5.74, 6) is 1.36. The van der Waals surface area contributed by atoms with E-state index >= 15 is 0 Å². The van der Waals surface area contributed by atoms with Gasteiger partial charge in [-0.1, -0.05) is 15.9 Å². The number of nitro benzene ring substituents is 2. The van der Waals surface area contributed by atoms with Crippen LogP contribution in [0.25, 0.3) is 0 Å². The fourth-order valence-corrected chi connectivity index (χ4v) is 4.81. The average molecular weight is 977 g/mol. The summed E-state index contributed by atoms with van der Waals surface area (Å²) in [7, 11) is 0. The van der Waals surface area contributed by atoms with E-state index in [1.54, 1.807) is 59.7 Å². The molecular weight excluding hydrogens is 928 g/mol. The number of nitro groups is 2. The first-order valence-corrected chi connectivity index (χ1v) is 19.7. The fourth-order valence-electron chi connectivity index (χ4n) is 4.81. The number of nitrogens with one attached hydrogen (secondary N) is 3. The van der Waals surface area contributed by atoms with Crippen LogP contribution >= 0.6 is 31.9 Å². The molecule has 3 aliphatic heterocycles. The lowest BCUT2D eigenvalue weighted by Gasteiger charge is -2.33. The van der Waals surface area contributed by atoms with Crippen LogP contribution in [0.4, 0.5) is 45.5 Å². The largest absolute Gasteiger partial charge is 0.506 e. The van der Waals surface area contributed by atoms with Crippen LogP contribution in [0.15, 0.2) is 72.8 Å². The maximum atomic E-state index is 11.6. The van der Waals surface area contributed by atoms with E-state index in [1.165, 1.54) is 30.3 Å². The highest BCUT2D eigenvalue weighted by molar-refractivity contribution is 9.20. The minimum atomic E-state index is -0.955. The van der Waals surface area contributed by atoms with E-state index in [0.717, 1.165) is 29.7 Å². The molecule has 0 aliphatic carbocycles. The van der Waals surface area contributed by atoms with Crippen molar-refractivity contribution in [1.82, 2.24) is 0 Å². The Bertz CT molecular complexity index is 2310. The molecule has 0 bridgehead atoms. The first kappa shape index (κ1) is 49.0. The molecule has 61 heavy (non-hydrogen) atoms. The van der Waals surface area contributed by atoms with Crippen molar-refractivity contribution >= 4 is 93.9 Å². The third kappa shape index (κ3) is 14.1. The fraction of sp³-hybridized carbons (Fsp3) is 0.325. The lowest BCUT2D eigenvalue weighted by atomic mass is 10.1. The molecule has 0 unspecified atom stereocenters. The van der Waals surface area contributed by atoms with Gasteiger partial charge in [-0.15, -0.1) is 0 Å². The Morgan fingerprint density at radius 1 is 0.705 bits per heavy atom. The number of amides is 2. The van der Waals surface area contributed by atoms with Gasteiger partial charge in [0.25, 0.3) is 23.2 Å². The number of nitrogen functional groups attached to an aromatic ring is 3. The van der Waals surface area contributed by atoms with E-state index < -0.39 is 25.4 Å². The highest BCUT2D eigenvalue weighted by Crippen LogP contribution is 2.37. The molecule has 4 aromatic rings. The van der Waals surface area contributed by atoms with Crippen LogP contribution in [0.1, 0.15) is 55.4 Å². The number of alkyl halides is 1. The van der Waals surface area contributed by atoms with Gasteiger partial charge in [0, 0.05) is 35.6 Å². The molecule has 0 fully saturated rings. The molecule has 19 nitrogen and oxygen atoms in total. The molecule has 0 spiro atoms. The van der Waals surface area contributed by atoms with E-state index in [1.807, 2.05) is 18.2 Å². The number of fused-ring (bicyclic) bond motifs is 3. The number of ether oxygens (including phenoxy) is 3. The number of hydrogen-bond donors (Lipinski definition) is 7. The van der Waals surface area contributed by atoms with Crippen molar-refractivity contribution in [2.45, 2.75) is 76.5 Å². The molecule has 7 rings (SSSR count). The first-order chi connectivity index (χ1) is 28.0. The van der Waals surface area contributed by atoms with Crippen LogP contribution in [0, 0.1) is 20.2 Å². The van der Waals surface area contributed by atoms with E-state index in [4.69, 9.17) is 36.5 Å². The Balaban J connectivity index is 0.000000208. The zero-order valence-corrected chi connectivity index (χ0v) is 37.7. The smallest absolute Gasteiger partial charge is 0.271 e. The maximum absolute atomic E-state index is 11.6. The molecule has 0 saturated carbocycles. The standard InChI is InChI=1S/C10H10N2O4.C10H12N2O2.C10H14N2O.C6H6N2O3.C4H6Br2O/c1-10(2)9(13)11-7-5-6(12(14)15)3-4-8(7)16-10;1-10(2)9(13)12-7-5-6(11)3-4-8(7)14-10;1-10(2)6-12-8-5-7(11)3-4-9(8)13-10;7-5-3-4(8(10)11)1-2-6(5)9;1-4(2,6)3(5)7/h3-5H,1-2H3,(H,11,13);3-5H,11H2,1-2H3,(H,12,13);3-5,12H,6,11H2,1-2H3;1-3,9H,7H2;1-2H3. The normalized spacial score (nSPS) is 15.5. The van der Waals surface area contributed by atoms with Crippen LogP contribution in [0.3, 0.4) is 0 Å². The van der Waals surface area contributed by atoms with Crippen molar-refractivity contribution in [1.29, 1.82) is 0 Å². The van der Waals surface area contributed by atoms with Crippen LogP contribution in [0.5, 0.6) is 23.0 Å². The van der Waals surface area contributed by atoms with Gasteiger partial charge in [0.1, 0.15) is 28.6 Å². The van der Waals surface area contributed by atoms with Gasteiger partial charge in [-0.3, -0.25) is 34.6 Å². The molecule has 0 saturated heterocycles. The van der Waals surface area contributed by atoms with Crippen molar-refractivity contribution in [3.8, 4) is 23.0 Å². The Labute approximate surface area is 368 Å². The second-order valence-electron chi connectivity index (χ2n) is 15.5. The molecule has 10 N–H and O–H groups in total. The van der Waals surface area contributed by atoms with Crippen LogP contribution in [0.2, 0.25) is 0 Å². The molecular formula is C40H48Br2N8O11. The van der Waals surface area contributed by atoms with Gasteiger partial charge in [0.15, 0.2) is 11.2 Å². The van der Waals surface area contributed by atoms with Crippen LogP contribution < -0.4 is 47.4 Å². The Morgan fingerprint density at radius 3 is 1.54 bits per heavy atom. The Kier molecular flexibility index (Phi) is 15.6. The first-order valence-electron chi connectivity index (χ1n) is 18.1. The topological polar surface area (TPSA) is 300 Å². The number of non-ortho nitro benzene ring substituents is 2. The minimum absolute atomic E-state index is 0.0131. The number of phenols is 1. The summed E-state index contributed by atoms with van der Waals surface area (Å²) in [6.45, 7) is 15.2. The number of anilines is 6. The third-order valence-corrected chi connectivity index (χ3v) is 10.2. The van der Waals surface area contributed by atoms with Crippen molar-refractivity contribution in [2.75, 3.05) is 39.7 Å². The number of halogens is 2. The van der Waals surface area contributed by atoms with Crippen molar-refractivity contribution < 1.29 is 43.5 Å². The molecule has 2 amide bonds. The number of hydrogen-bond acceptors (Lipinski definition) is 15. The predicted octanol–water partition coefficient (Wildman–Crippen LogP) is 7.90. The van der Waals surface area contributed by atoms with Crippen LogP contribution in [-0.4, -0.2) is 59.1 Å². The summed E-state index contributed by atoms with van der Waals surface area (Å²) in [6, 6.07) is 18.4. The summed E-state index contributed by atoms with van der Waals surface area (Å²) in [5.41, 5.74) is 17.7. The van der Waals surface area contributed by atoms with Gasteiger partial charge >= 0.3 is 0 Å². The van der Waals surface area contributed by atoms with Crippen LogP contribution in [-0.2, 0) is 14.4 Å². The van der Waals surface area contributed by atoms with Gasteiger partial charge in [-0.25, -0.2) is 0 Å². The minimum Gasteiger partial charge on any atom is -0.506 e. The zero-order valence-electron chi connectivity index (χ0n) is 34.5. The second-order valence-corrected chi connectivity index (χ2v) is 18.2. The highest BCUT2D eigenvalue weighted by Gasteiger charge is 2.36. The molecule has 0 aromatic heterocycles. The number of nitrogens with zero attached hydrogens (tertiary/aromatic N) is 2. The molecule has 3 heterocycles. The molecule has 0 radical (unpaired) electrons. The summed E-state index contributed by atoms with van der Waals surface area (Å²) in [5, 5.41) is 38.2. The van der Waals surface area contributed by atoms with E-state index in [0.29, 0.717) is 28.6 Å². The summed E-state index contributed by atoms with van der Waals surface area (Å²) < 4.78 is 16.3. The summed E-state index contributed by atoms with van der Waals surface area (Å²) >= 11 is 5.96. The second kappa shape index (κ2) is 19.4. The number of benzene rings is 4. The van der Waals surface area contributed by atoms with Crippen molar-refractivity contribution in [3.05, 3.63) is 93.0 Å². The lowest BCUT2D eigenvalue weighted by Crippen LogP contribution is -2.45. The van der Waals surface area contributed by atoms with Gasteiger partial charge in [-0.05, 0) is 120 Å². The third-order valence-electron chi connectivity index (χ3n) is 8.28. The van der Waals surface area contributed by atoms with Gasteiger partial charge in [0.05, 0.1) is 43.5 Å². The van der Waals surface area contributed by atoms with Gasteiger partial charge in [-0.2, -0.15) is 0 Å². The Morgan fingerprint density at radius 2 is 1.10 bits per heavy atom. The number of carbonyl (C=O) groups excluding carboxylic acids is 3. The average Bonchev–Trinajstić information content (AvgIpc) is 3.14. The molecule has 4 aromatic carbocycles. The van der Waals surface area contributed by atoms with Gasteiger partial charge < -0.3 is 52.5 Å². The molecule has 3 aliphatic rings.